The molecule has 22 heavy (non-hydrogen) atoms. The molecule has 3 nitrogen and oxygen atoms in total. The number of ether oxygens (including phenoxy) is 1. The van der Waals surface area contributed by atoms with Crippen LogP contribution in [-0.2, 0) is 0 Å². The van der Waals surface area contributed by atoms with Crippen molar-refractivity contribution in [3.05, 3.63) is 58.4 Å². The van der Waals surface area contributed by atoms with Gasteiger partial charge in [-0.05, 0) is 12.1 Å². The summed E-state index contributed by atoms with van der Waals surface area (Å²) in [6.45, 7) is 0. The molecule has 0 aromatic heterocycles. The second-order valence-corrected chi connectivity index (χ2v) is 3.90. The predicted octanol–water partition coefficient (Wildman–Crippen LogP) is 3.92. The maximum Gasteiger partial charge on any atom is 0.207 e. The number of nitriles is 2. The van der Waals surface area contributed by atoms with E-state index in [0.717, 1.165) is 6.07 Å². The van der Waals surface area contributed by atoms with Gasteiger partial charge >= 0.3 is 0 Å². The predicted molar refractivity (Wildman–Crippen MR) is 62.2 cm³/mol. The van der Waals surface area contributed by atoms with Gasteiger partial charge in [0.15, 0.2) is 0 Å². The van der Waals surface area contributed by atoms with Gasteiger partial charge < -0.3 is 4.74 Å². The van der Waals surface area contributed by atoms with E-state index in [-0.39, 0.29) is 5.56 Å². The molecule has 0 aliphatic heterocycles. The summed E-state index contributed by atoms with van der Waals surface area (Å²) in [6, 6.07) is 6.70. The van der Waals surface area contributed by atoms with Gasteiger partial charge in [0.25, 0.3) is 0 Å². The molecule has 0 saturated heterocycles. The quantitative estimate of drug-likeness (QED) is 0.480. The number of benzene rings is 2. The maximum atomic E-state index is 13.5. The molecule has 0 saturated carbocycles. The molecule has 0 bridgehead atoms. The van der Waals surface area contributed by atoms with Crippen LogP contribution < -0.4 is 4.74 Å². The van der Waals surface area contributed by atoms with Gasteiger partial charge in [-0.1, -0.05) is 6.07 Å². The highest BCUT2D eigenvalue weighted by molar-refractivity contribution is 5.55. The first-order chi connectivity index (χ1) is 10.4. The van der Waals surface area contributed by atoms with Crippen LogP contribution >= 0.6 is 0 Å². The van der Waals surface area contributed by atoms with Crippen LogP contribution in [0.5, 0.6) is 11.5 Å². The third-order valence-corrected chi connectivity index (χ3v) is 2.64. The summed E-state index contributed by atoms with van der Waals surface area (Å²) in [6.07, 6.45) is 0. The summed E-state index contributed by atoms with van der Waals surface area (Å²) >= 11 is 0. The van der Waals surface area contributed by atoms with Gasteiger partial charge in [0.1, 0.15) is 23.5 Å². The molecule has 0 unspecified atom stereocenters. The smallest absolute Gasteiger partial charge is 0.207 e. The Kier molecular flexibility index (Phi) is 3.95. The van der Waals surface area contributed by atoms with Crippen LogP contribution in [0.25, 0.3) is 0 Å². The minimum atomic E-state index is -2.33. The Labute approximate surface area is 120 Å². The second-order valence-electron chi connectivity index (χ2n) is 3.90. The van der Waals surface area contributed by atoms with Crippen molar-refractivity contribution in [3.63, 3.8) is 0 Å². The van der Waals surface area contributed by atoms with Crippen molar-refractivity contribution >= 4 is 0 Å². The molecule has 0 heterocycles. The molecule has 0 aliphatic carbocycles. The summed E-state index contributed by atoms with van der Waals surface area (Å²) in [4.78, 5) is 0. The van der Waals surface area contributed by atoms with Crippen molar-refractivity contribution in [1.82, 2.24) is 0 Å². The second kappa shape index (κ2) is 5.70. The van der Waals surface area contributed by atoms with Crippen LogP contribution in [0.15, 0.2) is 18.2 Å². The molecule has 0 N–H and O–H groups in total. The normalized spacial score (nSPS) is 9.95. The largest absolute Gasteiger partial charge is 0.449 e. The fourth-order valence-electron chi connectivity index (χ4n) is 1.61. The summed E-state index contributed by atoms with van der Waals surface area (Å²) in [5.74, 6) is -13.1. The molecule has 8 heteroatoms. The first kappa shape index (κ1) is 15.3. The highest BCUT2D eigenvalue weighted by atomic mass is 19.2. The lowest BCUT2D eigenvalue weighted by Gasteiger charge is -2.11. The van der Waals surface area contributed by atoms with E-state index < -0.39 is 46.1 Å². The van der Waals surface area contributed by atoms with E-state index in [1.807, 2.05) is 0 Å². The van der Waals surface area contributed by atoms with Crippen molar-refractivity contribution in [3.8, 4) is 23.6 Å². The standard InChI is InChI=1S/C14H3F5N2O/c15-9-10(16)12(18)14(13(19)11(9)17)22-8-3-1-2-6(4-20)7(8)5-21/h1-3H. The molecule has 110 valence electrons. The molecule has 2 rings (SSSR count). The highest BCUT2D eigenvalue weighted by Crippen LogP contribution is 2.34. The molecule has 0 fully saturated rings. The number of hydrogen-bond acceptors (Lipinski definition) is 3. The lowest BCUT2D eigenvalue weighted by atomic mass is 10.1. The van der Waals surface area contributed by atoms with Crippen molar-refractivity contribution in [1.29, 1.82) is 10.5 Å². The first-order valence-corrected chi connectivity index (χ1v) is 5.54. The topological polar surface area (TPSA) is 56.8 Å². The monoisotopic (exact) mass is 310 g/mol. The van der Waals surface area contributed by atoms with Gasteiger partial charge in [0, 0.05) is 0 Å². The van der Waals surface area contributed by atoms with E-state index in [0.29, 0.717) is 0 Å². The van der Waals surface area contributed by atoms with Gasteiger partial charge in [0.2, 0.25) is 34.8 Å². The zero-order chi connectivity index (χ0) is 16.4. The van der Waals surface area contributed by atoms with Crippen LogP contribution in [0.3, 0.4) is 0 Å². The zero-order valence-corrected chi connectivity index (χ0v) is 10.4. The van der Waals surface area contributed by atoms with Crippen molar-refractivity contribution in [2.75, 3.05) is 0 Å². The first-order valence-electron chi connectivity index (χ1n) is 5.54. The summed E-state index contributed by atoms with van der Waals surface area (Å²) < 4.78 is 70.7. The Balaban J connectivity index is 2.64. The molecule has 2 aromatic carbocycles. The van der Waals surface area contributed by atoms with Crippen LogP contribution in [0.2, 0.25) is 0 Å². The number of nitrogens with zero attached hydrogens (tertiary/aromatic N) is 2. The van der Waals surface area contributed by atoms with Gasteiger partial charge in [-0.2, -0.15) is 19.3 Å². The van der Waals surface area contributed by atoms with E-state index >= 15 is 0 Å². The van der Waals surface area contributed by atoms with Crippen LogP contribution in [0.1, 0.15) is 11.1 Å². The van der Waals surface area contributed by atoms with Crippen molar-refractivity contribution in [2.24, 2.45) is 0 Å². The fraction of sp³-hybridized carbons (Fsp3) is 0. The Hall–Kier alpha value is -3.13. The third kappa shape index (κ3) is 2.31. The third-order valence-electron chi connectivity index (χ3n) is 2.64. The van der Waals surface area contributed by atoms with Gasteiger partial charge in [-0.25, -0.2) is 13.2 Å². The number of hydrogen-bond donors (Lipinski definition) is 0. The minimum Gasteiger partial charge on any atom is -0.449 e. The van der Waals surface area contributed by atoms with Crippen molar-refractivity contribution in [2.45, 2.75) is 0 Å². The number of rotatable bonds is 2. The Morgan fingerprint density at radius 1 is 0.773 bits per heavy atom. The van der Waals surface area contributed by atoms with Crippen LogP contribution in [0, 0.1) is 51.7 Å². The molecule has 2 aromatic rings. The summed E-state index contributed by atoms with van der Waals surface area (Å²) in [5.41, 5.74) is -0.571. The molecular formula is C14H3F5N2O. The fourth-order valence-corrected chi connectivity index (χ4v) is 1.61. The molecular weight excluding hydrogens is 307 g/mol. The Bertz CT molecular complexity index is 823. The van der Waals surface area contributed by atoms with Gasteiger partial charge in [-0.3, -0.25) is 0 Å². The molecule has 0 atom stereocenters. The van der Waals surface area contributed by atoms with Crippen LogP contribution in [0.4, 0.5) is 22.0 Å². The van der Waals surface area contributed by atoms with E-state index in [9.17, 15) is 22.0 Å². The van der Waals surface area contributed by atoms with Gasteiger partial charge in [-0.15, -0.1) is 0 Å². The Morgan fingerprint density at radius 3 is 1.82 bits per heavy atom. The average Bonchev–Trinajstić information content (AvgIpc) is 2.54. The minimum absolute atomic E-state index is 0.177. The maximum absolute atomic E-state index is 13.5. The van der Waals surface area contributed by atoms with E-state index in [1.54, 1.807) is 12.1 Å². The molecule has 0 amide bonds. The highest BCUT2D eigenvalue weighted by Gasteiger charge is 2.28. The number of halogens is 5. The van der Waals surface area contributed by atoms with Crippen LogP contribution in [-0.4, -0.2) is 0 Å². The Morgan fingerprint density at radius 2 is 1.32 bits per heavy atom. The zero-order valence-electron chi connectivity index (χ0n) is 10.4. The average molecular weight is 310 g/mol. The lowest BCUT2D eigenvalue weighted by molar-refractivity contribution is 0.332. The van der Waals surface area contributed by atoms with Gasteiger partial charge in [0.05, 0.1) is 5.56 Å². The van der Waals surface area contributed by atoms with E-state index in [1.165, 1.54) is 12.1 Å². The summed E-state index contributed by atoms with van der Waals surface area (Å²) in [7, 11) is 0. The van der Waals surface area contributed by atoms with E-state index in [4.69, 9.17) is 10.5 Å². The molecule has 0 spiro atoms. The van der Waals surface area contributed by atoms with E-state index in [2.05, 4.69) is 4.74 Å². The summed E-state index contributed by atoms with van der Waals surface area (Å²) in [5, 5.41) is 17.7. The van der Waals surface area contributed by atoms with Crippen molar-refractivity contribution < 1.29 is 26.7 Å². The molecule has 0 aliphatic rings. The SMILES string of the molecule is N#Cc1cccc(Oc2c(F)c(F)c(F)c(F)c2F)c1C#N. The lowest BCUT2D eigenvalue weighted by Crippen LogP contribution is -2.05. The molecule has 0 radical (unpaired) electrons.